The number of amidine groups is 1. The molecule has 1 fully saturated rings. The molecule has 1 aliphatic rings. The van der Waals surface area contributed by atoms with Crippen molar-refractivity contribution >= 4 is 46.6 Å². The highest BCUT2D eigenvalue weighted by Crippen LogP contribution is 2.22. The minimum Gasteiger partial charge on any atom is -0.481 e. The van der Waals surface area contributed by atoms with Crippen molar-refractivity contribution in [2.24, 2.45) is 10.2 Å². The molecule has 3 rings (SSSR count). The fourth-order valence-electron chi connectivity index (χ4n) is 2.10. The van der Waals surface area contributed by atoms with Crippen molar-refractivity contribution in [3.05, 3.63) is 47.1 Å². The lowest BCUT2D eigenvalue weighted by Gasteiger charge is -2.00. The van der Waals surface area contributed by atoms with E-state index < -0.39 is 11.2 Å². The van der Waals surface area contributed by atoms with Gasteiger partial charge in [-0.05, 0) is 17.7 Å². The molecular weight excluding hydrogens is 378 g/mol. The molecule has 1 aromatic carbocycles. The van der Waals surface area contributed by atoms with E-state index in [4.69, 9.17) is 16.7 Å². The van der Waals surface area contributed by atoms with Crippen LogP contribution in [0.5, 0.6) is 0 Å². The molecule has 132 valence electrons. The van der Waals surface area contributed by atoms with E-state index >= 15 is 0 Å². The molecule has 1 aromatic heterocycles. The van der Waals surface area contributed by atoms with Crippen LogP contribution in [0.2, 0.25) is 5.15 Å². The average molecular weight is 390 g/mol. The maximum absolute atomic E-state index is 11.6. The molecule has 0 aliphatic carbocycles. The summed E-state index contributed by atoms with van der Waals surface area (Å²) >= 11 is 6.77. The summed E-state index contributed by atoms with van der Waals surface area (Å²) in [4.78, 5) is 22.3. The van der Waals surface area contributed by atoms with Crippen LogP contribution >= 0.6 is 23.4 Å². The molecule has 0 saturated carbocycles. The van der Waals surface area contributed by atoms with E-state index in [1.54, 1.807) is 12.1 Å². The smallest absolute Gasteiger partial charge is 0.305 e. The summed E-state index contributed by atoms with van der Waals surface area (Å²) in [5, 5.41) is 26.8. The quantitative estimate of drug-likeness (QED) is 0.598. The van der Waals surface area contributed by atoms with Crippen LogP contribution in [0.1, 0.15) is 12.0 Å². The third kappa shape index (κ3) is 4.64. The van der Waals surface area contributed by atoms with E-state index in [1.807, 2.05) is 24.3 Å². The number of aromatic nitrogens is 2. The summed E-state index contributed by atoms with van der Waals surface area (Å²) in [6.45, 7) is 0. The van der Waals surface area contributed by atoms with Crippen molar-refractivity contribution in [2.75, 3.05) is 0 Å². The Labute approximate surface area is 157 Å². The highest BCUT2D eigenvalue weighted by molar-refractivity contribution is 8.15. The van der Waals surface area contributed by atoms with Gasteiger partial charge in [0, 0.05) is 5.56 Å². The number of thioether (sulfide) groups is 1. The fourth-order valence-corrected chi connectivity index (χ4v) is 3.12. The normalized spacial score (nSPS) is 18.4. The minimum atomic E-state index is -1.03. The predicted molar refractivity (Wildman–Crippen MR) is 99.3 cm³/mol. The maximum Gasteiger partial charge on any atom is 0.305 e. The largest absolute Gasteiger partial charge is 0.481 e. The van der Waals surface area contributed by atoms with Crippen LogP contribution in [-0.4, -0.2) is 43.8 Å². The van der Waals surface area contributed by atoms with E-state index in [1.165, 1.54) is 6.21 Å². The van der Waals surface area contributed by atoms with Crippen LogP contribution in [0.25, 0.3) is 11.3 Å². The molecule has 1 unspecified atom stereocenters. The third-order valence-corrected chi connectivity index (χ3v) is 4.60. The van der Waals surface area contributed by atoms with Gasteiger partial charge in [0.15, 0.2) is 10.3 Å². The minimum absolute atomic E-state index is 0.256. The number of nitrogens with one attached hydrogen (secondary N) is 1. The highest BCUT2D eigenvalue weighted by atomic mass is 35.5. The van der Waals surface area contributed by atoms with Crippen molar-refractivity contribution in [2.45, 2.75) is 11.7 Å². The lowest BCUT2D eigenvalue weighted by Crippen LogP contribution is -2.26. The van der Waals surface area contributed by atoms with Gasteiger partial charge in [0.1, 0.15) is 5.25 Å². The Morgan fingerprint density at radius 3 is 2.69 bits per heavy atom. The number of benzene rings is 1. The van der Waals surface area contributed by atoms with Crippen molar-refractivity contribution in [1.82, 2.24) is 15.5 Å². The Morgan fingerprint density at radius 1 is 1.27 bits per heavy atom. The average Bonchev–Trinajstić information content (AvgIpc) is 2.95. The zero-order chi connectivity index (χ0) is 18.5. The summed E-state index contributed by atoms with van der Waals surface area (Å²) in [5.74, 6) is -1.41. The first-order valence-electron chi connectivity index (χ1n) is 7.41. The number of halogens is 1. The van der Waals surface area contributed by atoms with Gasteiger partial charge in [-0.2, -0.15) is 5.10 Å². The van der Waals surface area contributed by atoms with Gasteiger partial charge in [-0.15, -0.1) is 15.3 Å². The Morgan fingerprint density at radius 2 is 2.04 bits per heavy atom. The number of carboxylic acids is 1. The number of nitrogens with zero attached hydrogens (tertiary/aromatic N) is 4. The first-order chi connectivity index (χ1) is 12.5. The molecule has 1 amide bonds. The number of aliphatic carboxylic acids is 1. The maximum atomic E-state index is 11.6. The van der Waals surface area contributed by atoms with Crippen LogP contribution in [0.3, 0.4) is 0 Å². The molecule has 10 heteroatoms. The van der Waals surface area contributed by atoms with Crippen LogP contribution < -0.4 is 5.32 Å². The summed E-state index contributed by atoms with van der Waals surface area (Å²) < 4.78 is 0. The van der Waals surface area contributed by atoms with Crippen LogP contribution in [0, 0.1) is 0 Å². The van der Waals surface area contributed by atoms with E-state index in [0.29, 0.717) is 10.8 Å². The Balaban J connectivity index is 1.63. The molecule has 1 aliphatic heterocycles. The van der Waals surface area contributed by atoms with Crippen LogP contribution in [0.15, 0.2) is 46.6 Å². The van der Waals surface area contributed by atoms with Crippen LogP contribution in [0.4, 0.5) is 0 Å². The van der Waals surface area contributed by atoms with Gasteiger partial charge < -0.3 is 10.4 Å². The zero-order valence-corrected chi connectivity index (χ0v) is 14.7. The molecular formula is C16H12ClN5O3S. The molecule has 2 N–H and O–H groups in total. The molecule has 0 bridgehead atoms. The number of amides is 1. The highest BCUT2D eigenvalue weighted by Gasteiger charge is 2.32. The third-order valence-electron chi connectivity index (χ3n) is 3.33. The fraction of sp³-hybridized carbons (Fsp3) is 0.125. The van der Waals surface area contributed by atoms with Gasteiger partial charge in [-0.1, -0.05) is 47.6 Å². The van der Waals surface area contributed by atoms with Gasteiger partial charge in [-0.25, -0.2) is 0 Å². The standard InChI is InChI=1S/C16H12ClN5O3S/c17-13-6-5-11(20-21-13)10-3-1-9(2-4-10)8-18-22-16-19-15(25)12(26-16)7-14(23)24/h1-6,8,12H,7H2,(H,23,24)(H,19,22,25). The SMILES string of the molecule is O=C(O)CC1SC(=NN=Cc2ccc(-c3ccc(Cl)nn3)cc2)NC1=O. The molecule has 8 nitrogen and oxygen atoms in total. The topological polar surface area (TPSA) is 117 Å². The monoisotopic (exact) mass is 389 g/mol. The number of carbonyl (C=O) groups excluding carboxylic acids is 1. The van der Waals surface area contributed by atoms with Gasteiger partial charge in [0.25, 0.3) is 0 Å². The molecule has 0 spiro atoms. The Hall–Kier alpha value is -2.78. The Kier molecular flexibility index (Phi) is 5.59. The summed E-state index contributed by atoms with van der Waals surface area (Å²) in [5.41, 5.74) is 2.39. The molecule has 0 radical (unpaired) electrons. The van der Waals surface area contributed by atoms with Gasteiger partial charge in [0.05, 0.1) is 18.3 Å². The zero-order valence-electron chi connectivity index (χ0n) is 13.2. The molecule has 26 heavy (non-hydrogen) atoms. The van der Waals surface area contributed by atoms with Crippen molar-refractivity contribution in [1.29, 1.82) is 0 Å². The molecule has 2 aromatic rings. The van der Waals surface area contributed by atoms with Gasteiger partial charge in [-0.3, -0.25) is 9.59 Å². The van der Waals surface area contributed by atoms with E-state index in [2.05, 4.69) is 25.7 Å². The number of carboxylic acid groups (broad SMARTS) is 1. The van der Waals surface area contributed by atoms with Crippen molar-refractivity contribution in [3.63, 3.8) is 0 Å². The second-order valence-electron chi connectivity index (χ2n) is 5.21. The Bertz CT molecular complexity index is 884. The van der Waals surface area contributed by atoms with Gasteiger partial charge >= 0.3 is 5.97 Å². The predicted octanol–water partition coefficient (Wildman–Crippen LogP) is 2.19. The lowest BCUT2D eigenvalue weighted by atomic mass is 10.1. The number of carbonyl (C=O) groups is 2. The summed E-state index contributed by atoms with van der Waals surface area (Å²) in [6, 6.07) is 10.8. The molecule has 2 heterocycles. The van der Waals surface area contributed by atoms with E-state index in [9.17, 15) is 9.59 Å². The summed E-state index contributed by atoms with van der Waals surface area (Å²) in [6.07, 6.45) is 1.27. The second-order valence-corrected chi connectivity index (χ2v) is 6.79. The first-order valence-corrected chi connectivity index (χ1v) is 8.67. The lowest BCUT2D eigenvalue weighted by molar-refractivity contribution is -0.138. The van der Waals surface area contributed by atoms with E-state index in [-0.39, 0.29) is 17.5 Å². The summed E-state index contributed by atoms with van der Waals surface area (Å²) in [7, 11) is 0. The first kappa shape index (κ1) is 18.0. The van der Waals surface area contributed by atoms with Crippen molar-refractivity contribution in [3.8, 4) is 11.3 Å². The number of hydrogen-bond donors (Lipinski definition) is 2. The van der Waals surface area contributed by atoms with Crippen molar-refractivity contribution < 1.29 is 14.7 Å². The molecule has 1 atom stereocenters. The van der Waals surface area contributed by atoms with E-state index in [0.717, 1.165) is 22.9 Å². The number of hydrogen-bond acceptors (Lipinski definition) is 7. The molecule has 1 saturated heterocycles. The van der Waals surface area contributed by atoms with Crippen LogP contribution in [-0.2, 0) is 9.59 Å². The number of rotatable bonds is 5. The van der Waals surface area contributed by atoms with Gasteiger partial charge in [0.2, 0.25) is 5.91 Å². The second kappa shape index (κ2) is 8.07.